The first-order chi connectivity index (χ1) is 9.49. The number of aromatic nitrogens is 2. The number of carbonyl (C=O) groups is 1. The van der Waals surface area contributed by atoms with Crippen LogP contribution in [-0.2, 0) is 22.5 Å². The fraction of sp³-hybridized carbons (Fsp3) is 0.733. The van der Waals surface area contributed by atoms with E-state index in [4.69, 9.17) is 4.74 Å². The summed E-state index contributed by atoms with van der Waals surface area (Å²) in [5, 5.41) is 4.42. The van der Waals surface area contributed by atoms with E-state index in [9.17, 15) is 4.79 Å². The summed E-state index contributed by atoms with van der Waals surface area (Å²) >= 11 is 0. The molecule has 0 saturated carbocycles. The molecule has 2 heterocycles. The number of amides is 1. The Morgan fingerprint density at radius 1 is 1.40 bits per heavy atom. The zero-order valence-corrected chi connectivity index (χ0v) is 12.9. The lowest BCUT2D eigenvalue weighted by atomic mass is 10.1. The summed E-state index contributed by atoms with van der Waals surface area (Å²) in [7, 11) is 0. The van der Waals surface area contributed by atoms with E-state index in [1.165, 1.54) is 5.56 Å². The maximum absolute atomic E-state index is 12.3. The molecule has 0 N–H and O–H groups in total. The zero-order chi connectivity index (χ0) is 14.7. The van der Waals surface area contributed by atoms with Gasteiger partial charge in [-0.3, -0.25) is 9.48 Å². The lowest BCUT2D eigenvalue weighted by Crippen LogP contribution is -2.48. The Morgan fingerprint density at radius 3 is 2.60 bits per heavy atom. The fourth-order valence-electron chi connectivity index (χ4n) is 2.75. The molecule has 1 saturated heterocycles. The molecule has 1 amide bonds. The molecule has 0 radical (unpaired) electrons. The van der Waals surface area contributed by atoms with Gasteiger partial charge < -0.3 is 9.64 Å². The third kappa shape index (κ3) is 3.60. The van der Waals surface area contributed by atoms with Crippen LogP contribution in [0, 0.1) is 6.92 Å². The van der Waals surface area contributed by atoms with Crippen LogP contribution in [0.15, 0.2) is 6.20 Å². The molecule has 0 aromatic carbocycles. The van der Waals surface area contributed by atoms with E-state index in [1.54, 1.807) is 0 Å². The maximum Gasteiger partial charge on any atom is 0.223 e. The molecule has 0 unspecified atom stereocenters. The molecule has 0 aliphatic carbocycles. The zero-order valence-electron chi connectivity index (χ0n) is 12.9. The van der Waals surface area contributed by atoms with Crippen LogP contribution < -0.4 is 0 Å². The van der Waals surface area contributed by atoms with Crippen LogP contribution in [0.1, 0.15) is 38.4 Å². The van der Waals surface area contributed by atoms with Crippen LogP contribution in [-0.4, -0.2) is 45.9 Å². The Kier molecular flexibility index (Phi) is 4.81. The van der Waals surface area contributed by atoms with Crippen LogP contribution in [0.3, 0.4) is 0 Å². The van der Waals surface area contributed by atoms with Gasteiger partial charge in [0.2, 0.25) is 5.91 Å². The molecule has 2 atom stereocenters. The van der Waals surface area contributed by atoms with E-state index < -0.39 is 0 Å². The molecule has 1 aromatic rings. The maximum atomic E-state index is 12.3. The van der Waals surface area contributed by atoms with Gasteiger partial charge in [0, 0.05) is 32.3 Å². The van der Waals surface area contributed by atoms with Crippen molar-refractivity contribution < 1.29 is 9.53 Å². The SMILES string of the molecule is CCn1cc(CCC(=O)N2C[C@@H](C)O[C@@H](C)C2)c(C)n1. The van der Waals surface area contributed by atoms with Gasteiger partial charge >= 0.3 is 0 Å². The molecule has 1 aliphatic heterocycles. The Morgan fingerprint density at radius 2 is 2.05 bits per heavy atom. The summed E-state index contributed by atoms with van der Waals surface area (Å²) < 4.78 is 7.58. The second-order valence-electron chi connectivity index (χ2n) is 5.65. The molecular weight excluding hydrogens is 254 g/mol. The lowest BCUT2D eigenvalue weighted by Gasteiger charge is -2.35. The van der Waals surface area contributed by atoms with E-state index in [0.717, 1.165) is 18.7 Å². The summed E-state index contributed by atoms with van der Waals surface area (Å²) in [6.07, 6.45) is 3.63. The van der Waals surface area contributed by atoms with Gasteiger partial charge in [-0.15, -0.1) is 0 Å². The number of hydrogen-bond donors (Lipinski definition) is 0. The van der Waals surface area contributed by atoms with Gasteiger partial charge in [0.05, 0.1) is 17.9 Å². The molecule has 1 aromatic heterocycles. The third-order valence-corrected chi connectivity index (χ3v) is 3.75. The minimum absolute atomic E-state index is 0.132. The van der Waals surface area contributed by atoms with Crippen molar-refractivity contribution in [3.63, 3.8) is 0 Å². The molecule has 112 valence electrons. The van der Waals surface area contributed by atoms with Crippen LogP contribution in [0.5, 0.6) is 0 Å². The quantitative estimate of drug-likeness (QED) is 0.844. The second kappa shape index (κ2) is 6.39. The summed E-state index contributed by atoms with van der Waals surface area (Å²) in [5.74, 6) is 0.218. The summed E-state index contributed by atoms with van der Waals surface area (Å²) in [4.78, 5) is 14.2. The minimum Gasteiger partial charge on any atom is -0.372 e. The average molecular weight is 279 g/mol. The molecular formula is C15H25N3O2. The Labute approximate surface area is 120 Å². The highest BCUT2D eigenvalue weighted by Crippen LogP contribution is 2.14. The van der Waals surface area contributed by atoms with Crippen molar-refractivity contribution in [2.75, 3.05) is 13.1 Å². The smallest absolute Gasteiger partial charge is 0.223 e. The van der Waals surface area contributed by atoms with Crippen molar-refractivity contribution in [2.45, 2.75) is 59.3 Å². The van der Waals surface area contributed by atoms with Gasteiger partial charge in [-0.1, -0.05) is 0 Å². The summed E-state index contributed by atoms with van der Waals surface area (Å²) in [5.41, 5.74) is 2.21. The molecule has 0 bridgehead atoms. The summed E-state index contributed by atoms with van der Waals surface area (Å²) in [6, 6.07) is 0. The van der Waals surface area contributed by atoms with E-state index >= 15 is 0 Å². The molecule has 5 heteroatoms. The van der Waals surface area contributed by atoms with Crippen LogP contribution >= 0.6 is 0 Å². The van der Waals surface area contributed by atoms with Crippen molar-refractivity contribution in [3.8, 4) is 0 Å². The minimum atomic E-state index is 0.132. The monoisotopic (exact) mass is 279 g/mol. The number of rotatable bonds is 4. The number of nitrogens with zero attached hydrogens (tertiary/aromatic N) is 3. The highest BCUT2D eigenvalue weighted by atomic mass is 16.5. The molecule has 1 aliphatic rings. The standard InChI is InChI=1S/C15H25N3O2/c1-5-18-10-14(13(4)16-18)6-7-15(19)17-8-11(2)20-12(3)9-17/h10-12H,5-9H2,1-4H3/t11-,12+. The van der Waals surface area contributed by atoms with Gasteiger partial charge in [0.15, 0.2) is 0 Å². The van der Waals surface area contributed by atoms with Gasteiger partial charge in [-0.2, -0.15) is 5.10 Å². The largest absolute Gasteiger partial charge is 0.372 e. The van der Waals surface area contributed by atoms with Crippen LogP contribution in [0.2, 0.25) is 0 Å². The van der Waals surface area contributed by atoms with E-state index in [-0.39, 0.29) is 18.1 Å². The molecule has 5 nitrogen and oxygen atoms in total. The topological polar surface area (TPSA) is 47.4 Å². The van der Waals surface area contributed by atoms with Gasteiger partial charge in [-0.05, 0) is 39.7 Å². The predicted molar refractivity (Wildman–Crippen MR) is 77.5 cm³/mol. The molecule has 20 heavy (non-hydrogen) atoms. The Balaban J connectivity index is 1.89. The number of carbonyl (C=O) groups excluding carboxylic acids is 1. The van der Waals surface area contributed by atoms with Crippen molar-refractivity contribution in [1.82, 2.24) is 14.7 Å². The predicted octanol–water partition coefficient (Wildman–Crippen LogP) is 1.78. The fourth-order valence-corrected chi connectivity index (χ4v) is 2.75. The average Bonchev–Trinajstić information content (AvgIpc) is 2.75. The Bertz CT molecular complexity index is 460. The van der Waals surface area contributed by atoms with Crippen LogP contribution in [0.4, 0.5) is 0 Å². The van der Waals surface area contributed by atoms with Crippen molar-refractivity contribution >= 4 is 5.91 Å². The van der Waals surface area contributed by atoms with E-state index in [1.807, 2.05) is 36.5 Å². The van der Waals surface area contributed by atoms with E-state index in [2.05, 4.69) is 12.0 Å². The van der Waals surface area contributed by atoms with Crippen molar-refractivity contribution in [3.05, 3.63) is 17.5 Å². The summed E-state index contributed by atoms with van der Waals surface area (Å²) in [6.45, 7) is 10.4. The highest BCUT2D eigenvalue weighted by molar-refractivity contribution is 5.76. The first-order valence-electron chi connectivity index (χ1n) is 7.45. The van der Waals surface area contributed by atoms with E-state index in [0.29, 0.717) is 19.5 Å². The number of ether oxygens (including phenoxy) is 1. The van der Waals surface area contributed by atoms with Crippen molar-refractivity contribution in [1.29, 1.82) is 0 Å². The Hall–Kier alpha value is -1.36. The number of aryl methyl sites for hydroxylation is 3. The number of morpholine rings is 1. The van der Waals surface area contributed by atoms with Gasteiger partial charge in [0.1, 0.15) is 0 Å². The normalized spacial score (nSPS) is 23.1. The molecule has 2 rings (SSSR count). The first kappa shape index (κ1) is 15.0. The molecule has 1 fully saturated rings. The van der Waals surface area contributed by atoms with Crippen molar-refractivity contribution in [2.24, 2.45) is 0 Å². The lowest BCUT2D eigenvalue weighted by molar-refractivity contribution is -0.143. The van der Waals surface area contributed by atoms with Gasteiger partial charge in [0.25, 0.3) is 0 Å². The second-order valence-corrected chi connectivity index (χ2v) is 5.65. The van der Waals surface area contributed by atoms with Crippen LogP contribution in [0.25, 0.3) is 0 Å². The third-order valence-electron chi connectivity index (χ3n) is 3.75. The molecule has 0 spiro atoms. The van der Waals surface area contributed by atoms with Gasteiger partial charge in [-0.25, -0.2) is 0 Å². The number of hydrogen-bond acceptors (Lipinski definition) is 3. The highest BCUT2D eigenvalue weighted by Gasteiger charge is 2.25. The first-order valence-corrected chi connectivity index (χ1v) is 7.45.